The van der Waals surface area contributed by atoms with Gasteiger partial charge in [-0.05, 0) is 19.8 Å². The van der Waals surface area contributed by atoms with Gasteiger partial charge in [-0.25, -0.2) is 0 Å². The van der Waals surface area contributed by atoms with Crippen molar-refractivity contribution >= 4 is 15.9 Å². The number of halogens is 1. The largest absolute Gasteiger partial charge is 0.379 e. The summed E-state index contributed by atoms with van der Waals surface area (Å²) in [4.78, 5) is 0. The maximum absolute atomic E-state index is 5.72. The Morgan fingerprint density at radius 2 is 1.85 bits per heavy atom. The predicted octanol–water partition coefficient (Wildman–Crippen LogP) is 2.85. The van der Waals surface area contributed by atoms with Crippen LogP contribution in [0.15, 0.2) is 0 Å². The smallest absolute Gasteiger partial charge is 0.0827 e. The lowest BCUT2D eigenvalue weighted by atomic mass is 10.1. The standard InChI is InChI=1S/C10H21BrO2/c1-8(2)9(12-5)6-13-10(3,4)7-11/h8-9H,6-7H2,1-5H3. The normalized spacial score (nSPS) is 15.0. The second-order valence-corrected chi connectivity index (χ2v) is 4.78. The van der Waals surface area contributed by atoms with E-state index in [9.17, 15) is 0 Å². The van der Waals surface area contributed by atoms with E-state index in [2.05, 4.69) is 43.6 Å². The average molecular weight is 253 g/mol. The zero-order valence-electron chi connectivity index (χ0n) is 9.26. The van der Waals surface area contributed by atoms with Crippen LogP contribution in [0, 0.1) is 5.92 Å². The molecule has 0 fully saturated rings. The highest BCUT2D eigenvalue weighted by Crippen LogP contribution is 2.15. The van der Waals surface area contributed by atoms with E-state index >= 15 is 0 Å². The van der Waals surface area contributed by atoms with E-state index in [1.54, 1.807) is 7.11 Å². The minimum atomic E-state index is -0.105. The van der Waals surface area contributed by atoms with Gasteiger partial charge in [-0.3, -0.25) is 0 Å². The van der Waals surface area contributed by atoms with E-state index in [0.717, 1.165) is 5.33 Å². The van der Waals surface area contributed by atoms with Gasteiger partial charge in [-0.1, -0.05) is 29.8 Å². The minimum Gasteiger partial charge on any atom is -0.379 e. The van der Waals surface area contributed by atoms with Crippen LogP contribution in [0.4, 0.5) is 0 Å². The number of alkyl halides is 1. The van der Waals surface area contributed by atoms with Gasteiger partial charge in [0.2, 0.25) is 0 Å². The fourth-order valence-corrected chi connectivity index (χ4v) is 1.04. The Labute approximate surface area is 90.1 Å². The molecule has 1 atom stereocenters. The number of ether oxygens (including phenoxy) is 2. The van der Waals surface area contributed by atoms with Crippen molar-refractivity contribution in [2.45, 2.75) is 39.4 Å². The molecule has 0 amide bonds. The Hall–Kier alpha value is 0.400. The first-order valence-electron chi connectivity index (χ1n) is 4.65. The lowest BCUT2D eigenvalue weighted by Gasteiger charge is -2.27. The van der Waals surface area contributed by atoms with E-state index < -0.39 is 0 Å². The van der Waals surface area contributed by atoms with Crippen molar-refractivity contribution in [1.82, 2.24) is 0 Å². The number of methoxy groups -OCH3 is 1. The second-order valence-electron chi connectivity index (χ2n) is 4.22. The number of rotatable bonds is 6. The molecule has 0 aliphatic carbocycles. The van der Waals surface area contributed by atoms with Crippen LogP contribution >= 0.6 is 15.9 Å². The summed E-state index contributed by atoms with van der Waals surface area (Å²) < 4.78 is 11.0. The van der Waals surface area contributed by atoms with Gasteiger partial charge in [0.15, 0.2) is 0 Å². The van der Waals surface area contributed by atoms with Crippen molar-refractivity contribution in [1.29, 1.82) is 0 Å². The van der Waals surface area contributed by atoms with E-state index in [1.807, 2.05) is 0 Å². The maximum atomic E-state index is 5.72. The van der Waals surface area contributed by atoms with Gasteiger partial charge in [-0.2, -0.15) is 0 Å². The van der Waals surface area contributed by atoms with Crippen LogP contribution in [0.5, 0.6) is 0 Å². The van der Waals surface area contributed by atoms with Crippen LogP contribution in [0.2, 0.25) is 0 Å². The van der Waals surface area contributed by atoms with Crippen LogP contribution < -0.4 is 0 Å². The molecule has 0 rings (SSSR count). The zero-order valence-corrected chi connectivity index (χ0v) is 10.8. The predicted molar refractivity (Wildman–Crippen MR) is 59.5 cm³/mol. The van der Waals surface area contributed by atoms with Crippen LogP contribution in [0.3, 0.4) is 0 Å². The summed E-state index contributed by atoms with van der Waals surface area (Å²) in [5.41, 5.74) is -0.105. The SMILES string of the molecule is COC(COC(C)(C)CBr)C(C)C. The van der Waals surface area contributed by atoms with Gasteiger partial charge in [0, 0.05) is 12.4 Å². The molecule has 13 heavy (non-hydrogen) atoms. The third kappa shape index (κ3) is 5.66. The lowest BCUT2D eigenvalue weighted by molar-refractivity contribution is -0.0712. The van der Waals surface area contributed by atoms with Crippen LogP contribution in [0.25, 0.3) is 0 Å². The first-order chi connectivity index (χ1) is 5.93. The molecule has 0 radical (unpaired) electrons. The molecular formula is C10H21BrO2. The quantitative estimate of drug-likeness (QED) is 0.678. The summed E-state index contributed by atoms with van der Waals surface area (Å²) in [5, 5.41) is 0.842. The van der Waals surface area contributed by atoms with Gasteiger partial charge in [0.25, 0.3) is 0 Å². The third-order valence-electron chi connectivity index (χ3n) is 2.01. The molecule has 0 saturated carbocycles. The molecule has 0 aliphatic rings. The summed E-state index contributed by atoms with van der Waals surface area (Å²) in [6.07, 6.45) is 0.193. The van der Waals surface area contributed by atoms with Crippen molar-refractivity contribution in [3.8, 4) is 0 Å². The zero-order chi connectivity index (χ0) is 10.5. The monoisotopic (exact) mass is 252 g/mol. The molecule has 0 aromatic carbocycles. The molecular weight excluding hydrogens is 232 g/mol. The fourth-order valence-electron chi connectivity index (χ4n) is 0.879. The molecule has 80 valence electrons. The van der Waals surface area contributed by atoms with Crippen LogP contribution in [-0.2, 0) is 9.47 Å². The minimum absolute atomic E-state index is 0.105. The topological polar surface area (TPSA) is 18.5 Å². The van der Waals surface area contributed by atoms with Gasteiger partial charge in [-0.15, -0.1) is 0 Å². The summed E-state index contributed by atoms with van der Waals surface area (Å²) in [5.74, 6) is 0.496. The maximum Gasteiger partial charge on any atom is 0.0827 e. The Kier molecular flexibility index (Phi) is 6.18. The molecule has 0 heterocycles. The highest BCUT2D eigenvalue weighted by atomic mass is 79.9. The first kappa shape index (κ1) is 13.4. The number of hydrogen-bond acceptors (Lipinski definition) is 2. The average Bonchev–Trinajstić information content (AvgIpc) is 2.05. The Bertz CT molecular complexity index is 135. The fraction of sp³-hybridized carbons (Fsp3) is 1.00. The molecule has 0 aliphatic heterocycles. The molecule has 0 saturated heterocycles. The van der Waals surface area contributed by atoms with Crippen molar-refractivity contribution in [3.05, 3.63) is 0 Å². The second kappa shape index (κ2) is 5.99. The van der Waals surface area contributed by atoms with Crippen LogP contribution in [0.1, 0.15) is 27.7 Å². The van der Waals surface area contributed by atoms with Crippen LogP contribution in [-0.4, -0.2) is 30.8 Å². The van der Waals surface area contributed by atoms with E-state index in [-0.39, 0.29) is 11.7 Å². The van der Waals surface area contributed by atoms with E-state index in [4.69, 9.17) is 9.47 Å². The van der Waals surface area contributed by atoms with Gasteiger partial charge < -0.3 is 9.47 Å². The molecule has 1 unspecified atom stereocenters. The van der Waals surface area contributed by atoms with Crippen molar-refractivity contribution in [2.24, 2.45) is 5.92 Å². The van der Waals surface area contributed by atoms with Gasteiger partial charge in [0.05, 0.1) is 18.3 Å². The molecule has 0 bridgehead atoms. The summed E-state index contributed by atoms with van der Waals surface area (Å²) in [7, 11) is 1.73. The summed E-state index contributed by atoms with van der Waals surface area (Å²) in [6.45, 7) is 9.06. The summed E-state index contributed by atoms with van der Waals surface area (Å²) in [6, 6.07) is 0. The molecule has 2 nitrogen and oxygen atoms in total. The molecule has 0 spiro atoms. The van der Waals surface area contributed by atoms with Crippen molar-refractivity contribution < 1.29 is 9.47 Å². The molecule has 0 N–H and O–H groups in total. The highest BCUT2D eigenvalue weighted by molar-refractivity contribution is 9.09. The van der Waals surface area contributed by atoms with Gasteiger partial charge in [0.1, 0.15) is 0 Å². The first-order valence-corrected chi connectivity index (χ1v) is 5.78. The Morgan fingerprint density at radius 3 is 2.15 bits per heavy atom. The number of hydrogen-bond donors (Lipinski definition) is 0. The van der Waals surface area contributed by atoms with Crippen molar-refractivity contribution in [3.63, 3.8) is 0 Å². The third-order valence-corrected chi connectivity index (χ3v) is 3.36. The van der Waals surface area contributed by atoms with E-state index in [1.165, 1.54) is 0 Å². The van der Waals surface area contributed by atoms with Gasteiger partial charge >= 0.3 is 0 Å². The van der Waals surface area contributed by atoms with E-state index in [0.29, 0.717) is 12.5 Å². The molecule has 0 aromatic heterocycles. The molecule has 3 heteroatoms. The van der Waals surface area contributed by atoms with Crippen molar-refractivity contribution in [2.75, 3.05) is 19.0 Å². The molecule has 0 aromatic rings. The lowest BCUT2D eigenvalue weighted by Crippen LogP contribution is -2.33. The summed E-state index contributed by atoms with van der Waals surface area (Å²) >= 11 is 3.41. The highest BCUT2D eigenvalue weighted by Gasteiger charge is 2.20. The Morgan fingerprint density at radius 1 is 1.31 bits per heavy atom. The Balaban J connectivity index is 3.85.